The quantitative estimate of drug-likeness (QED) is 0.197. The highest BCUT2D eigenvalue weighted by molar-refractivity contribution is 5.85. The van der Waals surface area contributed by atoms with Crippen LogP contribution in [0, 0.1) is 0 Å². The molecule has 0 fully saturated rings. The van der Waals surface area contributed by atoms with Crippen LogP contribution in [0.3, 0.4) is 0 Å². The van der Waals surface area contributed by atoms with E-state index >= 15 is 0 Å². The van der Waals surface area contributed by atoms with Crippen LogP contribution in [0.4, 0.5) is 11.4 Å². The summed E-state index contributed by atoms with van der Waals surface area (Å²) in [5.41, 5.74) is 8.52. The lowest BCUT2D eigenvalue weighted by atomic mass is 10.0. The second-order valence-electron chi connectivity index (χ2n) is 9.79. The van der Waals surface area contributed by atoms with Gasteiger partial charge in [0.1, 0.15) is 11.6 Å². The molecule has 0 radical (unpaired) electrons. The zero-order chi connectivity index (χ0) is 28.1. The van der Waals surface area contributed by atoms with E-state index in [-0.39, 0.29) is 5.75 Å². The number of rotatable bonds is 10. The number of phenols is 1. The van der Waals surface area contributed by atoms with E-state index in [0.29, 0.717) is 0 Å². The van der Waals surface area contributed by atoms with E-state index in [1.54, 1.807) is 12.1 Å². The van der Waals surface area contributed by atoms with Gasteiger partial charge in [-0.2, -0.15) is 0 Å². The summed E-state index contributed by atoms with van der Waals surface area (Å²) < 4.78 is 2.24. The second kappa shape index (κ2) is 12.1. The average Bonchev–Trinajstić information content (AvgIpc) is 3.40. The van der Waals surface area contributed by atoms with Gasteiger partial charge in [0.2, 0.25) is 0 Å². The van der Waals surface area contributed by atoms with Crippen molar-refractivity contribution in [2.45, 2.75) is 27.7 Å². The number of nitrogens with zero attached hydrogens (tertiary/aromatic N) is 4. The van der Waals surface area contributed by atoms with Crippen molar-refractivity contribution in [2.75, 3.05) is 36.0 Å². The van der Waals surface area contributed by atoms with Crippen LogP contribution in [0.1, 0.15) is 27.7 Å². The van der Waals surface area contributed by atoms with Gasteiger partial charge in [0.25, 0.3) is 0 Å². The van der Waals surface area contributed by atoms with Gasteiger partial charge in [0, 0.05) is 59.9 Å². The van der Waals surface area contributed by atoms with Gasteiger partial charge in [0.05, 0.1) is 11.4 Å². The molecule has 0 aliphatic rings. The third kappa shape index (κ3) is 5.32. The van der Waals surface area contributed by atoms with E-state index in [1.807, 2.05) is 18.2 Å². The first-order chi connectivity index (χ1) is 19.6. The number of hydrogen-bond acceptors (Lipinski definition) is 4. The molecule has 5 heteroatoms. The van der Waals surface area contributed by atoms with Crippen LogP contribution < -0.4 is 9.80 Å². The third-order valence-corrected chi connectivity index (χ3v) is 7.56. The van der Waals surface area contributed by atoms with Crippen LogP contribution in [-0.2, 0) is 0 Å². The van der Waals surface area contributed by atoms with Crippen LogP contribution in [0.5, 0.6) is 5.75 Å². The molecule has 0 atom stereocenters. The van der Waals surface area contributed by atoms with Crippen LogP contribution >= 0.6 is 0 Å². The predicted octanol–water partition coefficient (Wildman–Crippen LogP) is 8.27. The second-order valence-corrected chi connectivity index (χ2v) is 9.79. The molecule has 0 amide bonds. The molecule has 5 nitrogen and oxygen atoms in total. The van der Waals surface area contributed by atoms with Crippen molar-refractivity contribution in [3.8, 4) is 45.3 Å². The zero-order valence-corrected chi connectivity index (χ0v) is 23.9. The lowest BCUT2D eigenvalue weighted by Gasteiger charge is -2.22. The minimum Gasteiger partial charge on any atom is -0.508 e. The summed E-state index contributed by atoms with van der Waals surface area (Å²) in [7, 11) is 0. The molecule has 5 aromatic rings. The van der Waals surface area contributed by atoms with Gasteiger partial charge in [0.15, 0.2) is 0 Å². The Morgan fingerprint density at radius 2 is 1.05 bits per heavy atom. The molecule has 204 valence electrons. The number of hydrogen-bond donors (Lipinski definition) is 1. The largest absolute Gasteiger partial charge is 0.508 e. The van der Waals surface area contributed by atoms with Gasteiger partial charge in [-0.25, -0.2) is 4.98 Å². The lowest BCUT2D eigenvalue weighted by Crippen LogP contribution is -2.21. The Morgan fingerprint density at radius 1 is 0.575 bits per heavy atom. The summed E-state index contributed by atoms with van der Waals surface area (Å²) in [6.45, 7) is 12.6. The van der Waals surface area contributed by atoms with E-state index < -0.39 is 0 Å². The number of anilines is 2. The van der Waals surface area contributed by atoms with Crippen molar-refractivity contribution < 1.29 is 5.11 Å². The molecule has 5 rings (SSSR count). The topological polar surface area (TPSA) is 44.5 Å². The first-order valence-electron chi connectivity index (χ1n) is 14.3. The normalized spacial score (nSPS) is 11.0. The van der Waals surface area contributed by atoms with E-state index in [4.69, 9.17) is 4.98 Å². The number of imidazole rings is 1. The molecule has 1 aromatic heterocycles. The summed E-state index contributed by atoms with van der Waals surface area (Å²) in [6, 6.07) is 35.2. The van der Waals surface area contributed by atoms with Crippen LogP contribution in [0.15, 0.2) is 103 Å². The van der Waals surface area contributed by atoms with Gasteiger partial charge in [-0.3, -0.25) is 4.57 Å². The predicted molar refractivity (Wildman–Crippen MR) is 169 cm³/mol. The number of aromatic hydroxyl groups is 1. The van der Waals surface area contributed by atoms with E-state index in [0.717, 1.165) is 65.8 Å². The molecule has 0 bridgehead atoms. The summed E-state index contributed by atoms with van der Waals surface area (Å²) in [5, 5.41) is 9.99. The molecule has 1 heterocycles. The van der Waals surface area contributed by atoms with Gasteiger partial charge >= 0.3 is 0 Å². The highest BCUT2D eigenvalue weighted by Crippen LogP contribution is 2.39. The highest BCUT2D eigenvalue weighted by atomic mass is 16.3. The van der Waals surface area contributed by atoms with E-state index in [9.17, 15) is 5.11 Å². The standard InChI is InChI=1S/C35H38N4O/c1-5-37(6-2)29-20-14-26(15-21-29)33-34(27-16-22-30(23-17-27)38(7-3)8-4)39(31-12-10-9-11-13-31)35(36-33)28-18-24-32(40)25-19-28/h9-25,40H,5-8H2,1-4H3. The maximum Gasteiger partial charge on any atom is 0.145 e. The van der Waals surface area contributed by atoms with Crippen LogP contribution in [0.25, 0.3) is 39.6 Å². The maximum absolute atomic E-state index is 9.99. The lowest BCUT2D eigenvalue weighted by molar-refractivity contribution is 0.475. The fourth-order valence-corrected chi connectivity index (χ4v) is 5.36. The monoisotopic (exact) mass is 530 g/mol. The van der Waals surface area contributed by atoms with Crippen molar-refractivity contribution >= 4 is 11.4 Å². The molecule has 0 unspecified atom stereocenters. The van der Waals surface area contributed by atoms with Crippen molar-refractivity contribution in [3.05, 3.63) is 103 Å². The maximum atomic E-state index is 9.99. The fraction of sp³-hybridized carbons (Fsp3) is 0.229. The SMILES string of the molecule is CCN(CC)c1ccc(-c2nc(-c3ccc(O)cc3)n(-c3ccccc3)c2-c2ccc(N(CC)CC)cc2)cc1. The van der Waals surface area contributed by atoms with Crippen LogP contribution in [-0.4, -0.2) is 40.8 Å². The Bertz CT molecular complexity index is 1510. The van der Waals surface area contributed by atoms with Crippen molar-refractivity contribution in [2.24, 2.45) is 0 Å². The molecule has 4 aromatic carbocycles. The number of benzene rings is 4. The number of para-hydroxylation sites is 1. The summed E-state index contributed by atoms with van der Waals surface area (Å²) >= 11 is 0. The zero-order valence-electron chi connectivity index (χ0n) is 23.9. The number of aromatic nitrogens is 2. The molecule has 0 aliphatic heterocycles. The van der Waals surface area contributed by atoms with Crippen LogP contribution in [0.2, 0.25) is 0 Å². The Labute approximate surface area is 238 Å². The molecular formula is C35H38N4O. The summed E-state index contributed by atoms with van der Waals surface area (Å²) in [6.07, 6.45) is 0. The van der Waals surface area contributed by atoms with E-state index in [2.05, 4.69) is 115 Å². The Hall–Kier alpha value is -4.51. The van der Waals surface area contributed by atoms with E-state index in [1.165, 1.54) is 11.4 Å². The fourth-order valence-electron chi connectivity index (χ4n) is 5.36. The van der Waals surface area contributed by atoms with Gasteiger partial charge in [-0.05, 0) is 88.4 Å². The molecule has 1 N–H and O–H groups in total. The Morgan fingerprint density at radius 3 is 1.55 bits per heavy atom. The summed E-state index contributed by atoms with van der Waals surface area (Å²) in [5.74, 6) is 1.07. The minimum absolute atomic E-state index is 0.237. The van der Waals surface area contributed by atoms with Crippen molar-refractivity contribution in [3.63, 3.8) is 0 Å². The molecule has 0 aliphatic carbocycles. The molecule has 40 heavy (non-hydrogen) atoms. The van der Waals surface area contributed by atoms with Gasteiger partial charge < -0.3 is 14.9 Å². The van der Waals surface area contributed by atoms with Crippen molar-refractivity contribution in [1.82, 2.24) is 9.55 Å². The highest BCUT2D eigenvalue weighted by Gasteiger charge is 2.23. The average molecular weight is 531 g/mol. The summed E-state index contributed by atoms with van der Waals surface area (Å²) in [4.78, 5) is 10.00. The third-order valence-electron chi connectivity index (χ3n) is 7.56. The first kappa shape index (κ1) is 27.1. The van der Waals surface area contributed by atoms with Gasteiger partial charge in [-0.15, -0.1) is 0 Å². The molecule has 0 spiro atoms. The Kier molecular flexibility index (Phi) is 8.20. The van der Waals surface area contributed by atoms with Gasteiger partial charge in [-0.1, -0.05) is 42.5 Å². The molecule has 0 saturated heterocycles. The molecular weight excluding hydrogens is 492 g/mol. The first-order valence-corrected chi connectivity index (χ1v) is 14.3. The minimum atomic E-state index is 0.237. The van der Waals surface area contributed by atoms with Crippen molar-refractivity contribution in [1.29, 1.82) is 0 Å². The smallest absolute Gasteiger partial charge is 0.145 e. The molecule has 0 saturated carbocycles. The Balaban J connectivity index is 1.76. The number of phenolic OH excluding ortho intramolecular Hbond substituents is 1.